The number of benzene rings is 1. The van der Waals surface area contributed by atoms with Crippen molar-refractivity contribution in [3.05, 3.63) is 54.1 Å². The maximum Gasteiger partial charge on any atom is 0.0729 e. The number of rotatable bonds is 4. The van der Waals surface area contributed by atoms with Crippen molar-refractivity contribution < 1.29 is 0 Å². The van der Waals surface area contributed by atoms with Gasteiger partial charge in [0.15, 0.2) is 0 Å². The van der Waals surface area contributed by atoms with E-state index in [1.54, 1.807) is 12.2 Å². The highest BCUT2D eigenvalue weighted by atomic mass is 14.7. The zero-order valence-electron chi connectivity index (χ0n) is 9.03. The molecule has 0 bridgehead atoms. The van der Waals surface area contributed by atoms with Crippen LogP contribution in [0.15, 0.2) is 42.4 Å². The van der Waals surface area contributed by atoms with Crippen LogP contribution in [0.1, 0.15) is 16.7 Å². The Morgan fingerprint density at radius 2 is 1.87 bits per heavy atom. The molecule has 1 nitrogen and oxygen atoms in total. The fraction of sp³-hybridized carbons (Fsp3) is 0.0714. The van der Waals surface area contributed by atoms with Crippen LogP contribution in [0, 0.1) is 6.92 Å². The lowest BCUT2D eigenvalue weighted by atomic mass is 10.0. The van der Waals surface area contributed by atoms with Crippen LogP contribution in [0.3, 0.4) is 0 Å². The second kappa shape index (κ2) is 5.11. The van der Waals surface area contributed by atoms with Crippen molar-refractivity contribution in [1.82, 2.24) is 0 Å². The molecule has 0 saturated carbocycles. The fourth-order valence-corrected chi connectivity index (χ4v) is 1.46. The van der Waals surface area contributed by atoms with E-state index < -0.39 is 0 Å². The van der Waals surface area contributed by atoms with Gasteiger partial charge in [-0.3, -0.25) is 4.99 Å². The Kier molecular flexibility index (Phi) is 3.81. The summed E-state index contributed by atoms with van der Waals surface area (Å²) in [6.07, 6.45) is 7.45. The molecule has 0 saturated heterocycles. The fourth-order valence-electron chi connectivity index (χ4n) is 1.46. The molecule has 1 aromatic carbocycles. The average molecular weight is 197 g/mol. The molecule has 0 aliphatic rings. The summed E-state index contributed by atoms with van der Waals surface area (Å²) in [6.45, 7) is 13.0. The van der Waals surface area contributed by atoms with Gasteiger partial charge in [-0.2, -0.15) is 0 Å². The Morgan fingerprint density at radius 1 is 1.20 bits per heavy atom. The predicted molar refractivity (Wildman–Crippen MR) is 69.7 cm³/mol. The number of aliphatic imine (C=N–C) groups is 1. The van der Waals surface area contributed by atoms with Crippen LogP contribution < -0.4 is 0 Å². The smallest absolute Gasteiger partial charge is 0.0729 e. The van der Waals surface area contributed by atoms with Crippen LogP contribution in [0.2, 0.25) is 0 Å². The molecule has 76 valence electrons. The summed E-state index contributed by atoms with van der Waals surface area (Å²) in [6, 6.07) is 4.04. The zero-order valence-corrected chi connectivity index (χ0v) is 9.03. The normalized spacial score (nSPS) is 10.2. The van der Waals surface area contributed by atoms with E-state index in [2.05, 4.69) is 24.9 Å². The van der Waals surface area contributed by atoms with Crippen molar-refractivity contribution >= 4 is 24.6 Å². The minimum atomic E-state index is 0.899. The zero-order chi connectivity index (χ0) is 11.3. The van der Waals surface area contributed by atoms with Gasteiger partial charge in [0.2, 0.25) is 0 Å². The molecule has 0 unspecified atom stereocenters. The number of allylic oxidation sites excluding steroid dienone is 2. The lowest BCUT2D eigenvalue weighted by Crippen LogP contribution is -1.85. The lowest BCUT2D eigenvalue weighted by Gasteiger charge is -2.07. The third kappa shape index (κ3) is 2.32. The van der Waals surface area contributed by atoms with Crippen LogP contribution >= 0.6 is 0 Å². The Labute approximate surface area is 91.2 Å². The Hall–Kier alpha value is -1.89. The summed E-state index contributed by atoms with van der Waals surface area (Å²) < 4.78 is 0. The molecule has 0 heterocycles. The molecule has 1 heteroatoms. The first-order chi connectivity index (χ1) is 7.24. The third-order valence-electron chi connectivity index (χ3n) is 2.29. The van der Waals surface area contributed by atoms with Gasteiger partial charge in [-0.25, -0.2) is 0 Å². The molecular weight excluding hydrogens is 182 g/mol. The van der Waals surface area contributed by atoms with Crippen LogP contribution in [-0.4, -0.2) is 6.72 Å². The molecule has 0 aliphatic heterocycles. The van der Waals surface area contributed by atoms with Crippen LogP contribution in [0.5, 0.6) is 0 Å². The van der Waals surface area contributed by atoms with Crippen LogP contribution in [-0.2, 0) is 0 Å². The number of nitrogens with zero attached hydrogens (tertiary/aromatic N) is 1. The summed E-state index contributed by atoms with van der Waals surface area (Å²) in [7, 11) is 0. The van der Waals surface area contributed by atoms with E-state index in [4.69, 9.17) is 0 Å². The monoisotopic (exact) mass is 197 g/mol. The molecule has 1 aromatic rings. The van der Waals surface area contributed by atoms with E-state index in [9.17, 15) is 0 Å². The van der Waals surface area contributed by atoms with Gasteiger partial charge < -0.3 is 0 Å². The predicted octanol–water partition coefficient (Wildman–Crippen LogP) is 4.17. The Morgan fingerprint density at radius 3 is 2.40 bits per heavy atom. The van der Waals surface area contributed by atoms with Crippen molar-refractivity contribution in [3.8, 4) is 0 Å². The van der Waals surface area contributed by atoms with Crippen molar-refractivity contribution in [1.29, 1.82) is 0 Å². The molecule has 1 rings (SSSR count). The molecule has 0 spiro atoms. The lowest BCUT2D eigenvalue weighted by molar-refractivity contribution is 1.38. The van der Waals surface area contributed by atoms with E-state index in [-0.39, 0.29) is 0 Å². The highest BCUT2D eigenvalue weighted by molar-refractivity contribution is 5.73. The van der Waals surface area contributed by atoms with E-state index in [1.807, 2.05) is 31.2 Å². The number of hydrogen-bond acceptors (Lipinski definition) is 1. The standard InChI is InChI=1S/C14H15N/c1-5-7-8-13-10-9-12(6-2)14(15-4)11(13)3/h5-10H,1-2,4H2,3H3/b8-7-. The van der Waals surface area contributed by atoms with Crippen molar-refractivity contribution in [2.24, 2.45) is 4.99 Å². The topological polar surface area (TPSA) is 12.4 Å². The maximum atomic E-state index is 4.03. The first kappa shape index (κ1) is 11.2. The summed E-state index contributed by atoms with van der Waals surface area (Å²) in [5, 5.41) is 0. The van der Waals surface area contributed by atoms with Gasteiger partial charge in [0.1, 0.15) is 0 Å². The van der Waals surface area contributed by atoms with Gasteiger partial charge in [0.05, 0.1) is 5.69 Å². The first-order valence-corrected chi connectivity index (χ1v) is 4.76. The van der Waals surface area contributed by atoms with Crippen LogP contribution in [0.4, 0.5) is 5.69 Å². The van der Waals surface area contributed by atoms with Crippen molar-refractivity contribution in [3.63, 3.8) is 0 Å². The molecular formula is C14H15N. The molecule has 0 aliphatic carbocycles. The van der Waals surface area contributed by atoms with E-state index in [0.717, 1.165) is 22.4 Å². The summed E-state index contributed by atoms with van der Waals surface area (Å²) in [5.74, 6) is 0. The molecule has 0 fully saturated rings. The Bertz CT molecular complexity index is 425. The quantitative estimate of drug-likeness (QED) is 0.507. The molecule has 0 N–H and O–H groups in total. The van der Waals surface area contributed by atoms with Crippen molar-refractivity contribution in [2.45, 2.75) is 6.92 Å². The minimum absolute atomic E-state index is 0.899. The summed E-state index contributed by atoms with van der Waals surface area (Å²) in [5.41, 5.74) is 4.15. The van der Waals surface area contributed by atoms with E-state index in [1.165, 1.54) is 0 Å². The summed E-state index contributed by atoms with van der Waals surface area (Å²) in [4.78, 5) is 4.03. The second-order valence-corrected chi connectivity index (χ2v) is 3.17. The summed E-state index contributed by atoms with van der Waals surface area (Å²) >= 11 is 0. The van der Waals surface area contributed by atoms with E-state index >= 15 is 0 Å². The van der Waals surface area contributed by atoms with Gasteiger partial charge in [0, 0.05) is 0 Å². The molecule has 0 radical (unpaired) electrons. The van der Waals surface area contributed by atoms with Gasteiger partial charge in [-0.1, -0.05) is 49.6 Å². The second-order valence-electron chi connectivity index (χ2n) is 3.17. The first-order valence-electron chi connectivity index (χ1n) is 4.76. The van der Waals surface area contributed by atoms with Crippen molar-refractivity contribution in [2.75, 3.05) is 0 Å². The maximum absolute atomic E-state index is 4.03. The SMILES string of the molecule is C=C/C=C\c1ccc(C=C)c(N=C)c1C. The highest BCUT2D eigenvalue weighted by Gasteiger charge is 2.04. The largest absolute Gasteiger partial charge is 0.264 e. The molecule has 0 atom stereocenters. The van der Waals surface area contributed by atoms with Gasteiger partial charge in [-0.15, -0.1) is 0 Å². The van der Waals surface area contributed by atoms with E-state index in [0.29, 0.717) is 0 Å². The van der Waals surface area contributed by atoms with Crippen LogP contribution in [0.25, 0.3) is 12.2 Å². The highest BCUT2D eigenvalue weighted by Crippen LogP contribution is 2.28. The Balaban J connectivity index is 3.34. The van der Waals surface area contributed by atoms with Gasteiger partial charge in [0.25, 0.3) is 0 Å². The minimum Gasteiger partial charge on any atom is -0.264 e. The van der Waals surface area contributed by atoms with Gasteiger partial charge >= 0.3 is 0 Å². The molecule has 0 amide bonds. The molecule has 15 heavy (non-hydrogen) atoms. The van der Waals surface area contributed by atoms with Gasteiger partial charge in [-0.05, 0) is 30.3 Å². The average Bonchev–Trinajstić information content (AvgIpc) is 2.27. The molecule has 0 aromatic heterocycles. The number of hydrogen-bond donors (Lipinski definition) is 0. The third-order valence-corrected chi connectivity index (χ3v) is 2.29.